The number of halogens is 6. The third-order valence-electron chi connectivity index (χ3n) is 3.25. The van der Waals surface area contributed by atoms with E-state index in [-0.39, 0.29) is 41.6 Å². The van der Waals surface area contributed by atoms with E-state index in [1.807, 2.05) is 0 Å². The molecule has 2 aromatic carbocycles. The van der Waals surface area contributed by atoms with Gasteiger partial charge >= 0.3 is 11.9 Å². The molecule has 2 aromatic rings. The summed E-state index contributed by atoms with van der Waals surface area (Å²) in [6.45, 7) is 2.78. The third-order valence-corrected chi connectivity index (χ3v) is 5.29. The van der Waals surface area contributed by atoms with Crippen LogP contribution < -0.4 is 9.47 Å². The van der Waals surface area contributed by atoms with Crippen molar-refractivity contribution in [3.05, 3.63) is 54.4 Å². The molecule has 0 bridgehead atoms. The van der Waals surface area contributed by atoms with Gasteiger partial charge in [-0.3, -0.25) is 0 Å². The summed E-state index contributed by atoms with van der Waals surface area (Å²) in [5.74, 6) is -1.78. The van der Waals surface area contributed by atoms with Crippen molar-refractivity contribution in [1.82, 2.24) is 0 Å². The molecule has 0 aliphatic rings. The van der Waals surface area contributed by atoms with Gasteiger partial charge in [-0.25, -0.2) is 9.59 Å². The van der Waals surface area contributed by atoms with Crippen LogP contribution in [0.5, 0.6) is 11.5 Å². The highest BCUT2D eigenvalue weighted by Crippen LogP contribution is 2.35. The molecule has 2 N–H and O–H groups in total. The molecule has 0 radical (unpaired) electrons. The van der Waals surface area contributed by atoms with Gasteiger partial charge < -0.3 is 19.7 Å². The molecule has 2 rings (SSSR count). The molecule has 2 atom stereocenters. The summed E-state index contributed by atoms with van der Waals surface area (Å²) in [5, 5.41) is 18.8. The minimum atomic E-state index is -1.09. The number of aliphatic carboxylic acids is 2. The average Bonchev–Trinajstić information content (AvgIpc) is 2.64. The van der Waals surface area contributed by atoms with Gasteiger partial charge in [0.05, 0.1) is 30.1 Å². The monoisotopic (exact) mass is 536 g/mol. The quantitative estimate of drug-likeness (QED) is 0.385. The Morgan fingerprint density at radius 1 is 0.633 bits per heavy atom. The fraction of sp³-hybridized carbons (Fsp3) is 0.222. The molecule has 30 heavy (non-hydrogen) atoms. The number of carboxylic acid groups (broad SMARTS) is 2. The molecule has 0 spiro atoms. The van der Waals surface area contributed by atoms with Gasteiger partial charge in [0.1, 0.15) is 11.5 Å². The summed E-state index contributed by atoms with van der Waals surface area (Å²) in [7, 11) is 0. The van der Waals surface area contributed by atoms with Crippen molar-refractivity contribution >= 4 is 81.5 Å². The Bertz CT molecular complexity index is 860. The molecule has 0 aliphatic heterocycles. The molecule has 0 unspecified atom stereocenters. The lowest BCUT2D eigenvalue weighted by atomic mass is 10.3. The Morgan fingerprint density at radius 2 is 0.900 bits per heavy atom. The van der Waals surface area contributed by atoms with Crippen molar-refractivity contribution in [2.45, 2.75) is 26.1 Å². The highest BCUT2D eigenvalue weighted by Gasteiger charge is 2.16. The number of rotatable bonds is 6. The van der Waals surface area contributed by atoms with Gasteiger partial charge in [0, 0.05) is 12.1 Å². The van der Waals surface area contributed by atoms with Crippen molar-refractivity contribution in [1.29, 1.82) is 0 Å². The van der Waals surface area contributed by atoms with E-state index in [4.69, 9.17) is 89.3 Å². The van der Waals surface area contributed by atoms with Gasteiger partial charge in [-0.15, -0.1) is 0 Å². The van der Waals surface area contributed by atoms with Crippen molar-refractivity contribution in [2.75, 3.05) is 0 Å². The van der Waals surface area contributed by atoms with Gasteiger partial charge in [-0.05, 0) is 26.0 Å². The van der Waals surface area contributed by atoms with Crippen molar-refractivity contribution in [3.63, 3.8) is 0 Å². The van der Waals surface area contributed by atoms with E-state index >= 15 is 0 Å². The Hall–Kier alpha value is -1.28. The second kappa shape index (κ2) is 11.9. The molecule has 0 heterocycles. The van der Waals surface area contributed by atoms with Gasteiger partial charge in [0.25, 0.3) is 0 Å². The summed E-state index contributed by atoms with van der Waals surface area (Å²) in [6.07, 6.45) is -2.00. The minimum Gasteiger partial charge on any atom is -0.479 e. The largest absolute Gasteiger partial charge is 0.479 e. The first-order valence-electron chi connectivity index (χ1n) is 7.91. The van der Waals surface area contributed by atoms with E-state index in [0.717, 1.165) is 0 Å². The maximum absolute atomic E-state index is 10.5. The van der Waals surface area contributed by atoms with Crippen LogP contribution >= 0.6 is 69.6 Å². The first-order valence-corrected chi connectivity index (χ1v) is 10.2. The Balaban J connectivity index is 0.000000300. The molecule has 0 saturated carbocycles. The molecule has 0 amide bonds. The molecule has 164 valence electrons. The van der Waals surface area contributed by atoms with E-state index in [0.29, 0.717) is 0 Å². The normalized spacial score (nSPS) is 12.3. The maximum atomic E-state index is 10.5. The zero-order valence-electron chi connectivity index (χ0n) is 15.3. The van der Waals surface area contributed by atoms with Gasteiger partial charge in [0.2, 0.25) is 0 Å². The molecular formula is C18H14Cl6O6. The number of carboxylic acids is 2. The first kappa shape index (κ1) is 26.8. The number of carbonyl (C=O) groups is 2. The number of ether oxygens (including phenoxy) is 2. The fourth-order valence-corrected chi connectivity index (χ4v) is 2.83. The lowest BCUT2D eigenvalue weighted by Gasteiger charge is -2.12. The van der Waals surface area contributed by atoms with Crippen LogP contribution in [0.15, 0.2) is 24.3 Å². The summed E-state index contributed by atoms with van der Waals surface area (Å²) < 4.78 is 10.1. The Kier molecular flexibility index (Phi) is 10.6. The summed E-state index contributed by atoms with van der Waals surface area (Å²) in [6, 6.07) is 5.56. The molecule has 0 aliphatic carbocycles. The second-order valence-corrected chi connectivity index (χ2v) is 8.03. The smallest absolute Gasteiger partial charge is 0.344 e. The topological polar surface area (TPSA) is 93.1 Å². The zero-order valence-corrected chi connectivity index (χ0v) is 19.8. The van der Waals surface area contributed by atoms with Crippen LogP contribution in [-0.4, -0.2) is 34.4 Å². The van der Waals surface area contributed by atoms with E-state index in [2.05, 4.69) is 0 Å². The standard InChI is InChI=1S/2C9H7Cl3O3/c2*1-4(9(13)14)15-8-3-6(11)5(10)2-7(8)12/h2*2-4H,1H3,(H,13,14)/t2*4-/m11/s1. The average molecular weight is 539 g/mol. The van der Waals surface area contributed by atoms with Crippen LogP contribution in [0.2, 0.25) is 30.1 Å². The van der Waals surface area contributed by atoms with Crippen molar-refractivity contribution < 1.29 is 29.3 Å². The van der Waals surface area contributed by atoms with Crippen LogP contribution in [0, 0.1) is 0 Å². The van der Waals surface area contributed by atoms with Gasteiger partial charge in [-0.2, -0.15) is 0 Å². The second-order valence-electron chi connectivity index (χ2n) is 5.59. The van der Waals surface area contributed by atoms with Crippen LogP contribution in [0.3, 0.4) is 0 Å². The van der Waals surface area contributed by atoms with Crippen LogP contribution in [0.4, 0.5) is 0 Å². The summed E-state index contributed by atoms with van der Waals surface area (Å²) >= 11 is 34.4. The number of hydrogen-bond donors (Lipinski definition) is 2. The molecular weight excluding hydrogens is 525 g/mol. The number of hydrogen-bond acceptors (Lipinski definition) is 4. The SMILES string of the molecule is C[C@@H](Oc1cc(Cl)c(Cl)cc1Cl)C(=O)O.C[C@@H](Oc1cc(Cl)c(Cl)cc1Cl)C(=O)O. The summed E-state index contributed by atoms with van der Waals surface area (Å²) in [5.41, 5.74) is 0. The molecule has 0 fully saturated rings. The van der Waals surface area contributed by atoms with E-state index in [1.54, 1.807) is 0 Å². The first-order chi connectivity index (χ1) is 13.8. The lowest BCUT2D eigenvalue weighted by Crippen LogP contribution is -2.22. The third kappa shape index (κ3) is 8.10. The predicted molar refractivity (Wildman–Crippen MR) is 118 cm³/mol. The summed E-state index contributed by atoms with van der Waals surface area (Å²) in [4.78, 5) is 21.1. The number of benzene rings is 2. The van der Waals surface area contributed by atoms with Crippen LogP contribution in [0.1, 0.15) is 13.8 Å². The van der Waals surface area contributed by atoms with Gasteiger partial charge in [-0.1, -0.05) is 69.6 Å². The van der Waals surface area contributed by atoms with Gasteiger partial charge in [0.15, 0.2) is 12.2 Å². The minimum absolute atomic E-state index is 0.195. The Morgan fingerprint density at radius 3 is 1.17 bits per heavy atom. The zero-order chi connectivity index (χ0) is 23.2. The fourth-order valence-electron chi connectivity index (χ4n) is 1.67. The van der Waals surface area contributed by atoms with Crippen LogP contribution in [-0.2, 0) is 9.59 Å². The van der Waals surface area contributed by atoms with Crippen molar-refractivity contribution in [3.8, 4) is 11.5 Å². The van der Waals surface area contributed by atoms with Crippen molar-refractivity contribution in [2.24, 2.45) is 0 Å². The molecule has 0 aromatic heterocycles. The maximum Gasteiger partial charge on any atom is 0.344 e. The predicted octanol–water partition coefficient (Wildman–Crippen LogP) is 7.00. The highest BCUT2D eigenvalue weighted by molar-refractivity contribution is 6.44. The molecule has 0 saturated heterocycles. The molecule has 12 heteroatoms. The molecule has 6 nitrogen and oxygen atoms in total. The highest BCUT2D eigenvalue weighted by atomic mass is 35.5. The van der Waals surface area contributed by atoms with E-state index in [1.165, 1.54) is 38.1 Å². The Labute approximate surface area is 202 Å². The lowest BCUT2D eigenvalue weighted by molar-refractivity contribution is -0.145. The van der Waals surface area contributed by atoms with E-state index < -0.39 is 24.1 Å². The van der Waals surface area contributed by atoms with E-state index in [9.17, 15) is 9.59 Å². The van der Waals surface area contributed by atoms with Crippen LogP contribution in [0.25, 0.3) is 0 Å².